The molecule has 0 amide bonds. The van der Waals surface area contributed by atoms with Crippen molar-refractivity contribution in [2.45, 2.75) is 19.8 Å². The standard InChI is InChI=1S/C27H31N7O/c1-2-4-21-6-8-22(9-7-21)24-19-25(31-27(30-24)34-15-17-35-18-16-34)32-11-13-33(14-12-32)26-23(20-28)5-3-10-29-26/h3,5-10,19H,2,4,11-18H2,1H3. The van der Waals surface area contributed by atoms with Crippen LogP contribution in [0.1, 0.15) is 24.5 Å². The summed E-state index contributed by atoms with van der Waals surface area (Å²) in [7, 11) is 0. The van der Waals surface area contributed by atoms with Crippen LogP contribution in [0, 0.1) is 11.3 Å². The first kappa shape index (κ1) is 23.1. The van der Waals surface area contributed by atoms with Crippen LogP contribution < -0.4 is 14.7 Å². The molecule has 8 heteroatoms. The summed E-state index contributed by atoms with van der Waals surface area (Å²) in [6, 6.07) is 16.7. The fourth-order valence-corrected chi connectivity index (χ4v) is 4.65. The van der Waals surface area contributed by atoms with E-state index in [0.29, 0.717) is 18.8 Å². The first-order valence-electron chi connectivity index (χ1n) is 12.4. The molecule has 0 aliphatic carbocycles. The maximum atomic E-state index is 9.46. The number of anilines is 3. The summed E-state index contributed by atoms with van der Waals surface area (Å²) >= 11 is 0. The van der Waals surface area contributed by atoms with Crippen LogP contribution >= 0.6 is 0 Å². The zero-order valence-electron chi connectivity index (χ0n) is 20.2. The molecule has 2 aliphatic rings. The molecule has 2 aliphatic heterocycles. The van der Waals surface area contributed by atoms with E-state index in [1.54, 1.807) is 6.20 Å². The normalized spacial score (nSPS) is 16.3. The maximum absolute atomic E-state index is 9.46. The Morgan fingerprint density at radius 1 is 0.914 bits per heavy atom. The van der Waals surface area contributed by atoms with Crippen LogP contribution in [0.15, 0.2) is 48.7 Å². The molecule has 0 spiro atoms. The van der Waals surface area contributed by atoms with Crippen LogP contribution in [0.2, 0.25) is 0 Å². The van der Waals surface area contributed by atoms with E-state index >= 15 is 0 Å². The quantitative estimate of drug-likeness (QED) is 0.542. The van der Waals surface area contributed by atoms with Crippen molar-refractivity contribution in [1.82, 2.24) is 15.0 Å². The predicted octanol–water partition coefficient (Wildman–Crippen LogP) is 3.53. The number of benzene rings is 1. The van der Waals surface area contributed by atoms with E-state index in [9.17, 15) is 5.26 Å². The van der Waals surface area contributed by atoms with E-state index in [4.69, 9.17) is 14.7 Å². The van der Waals surface area contributed by atoms with Crippen LogP contribution in [0.25, 0.3) is 11.3 Å². The highest BCUT2D eigenvalue weighted by molar-refractivity contribution is 5.66. The molecule has 0 bridgehead atoms. The van der Waals surface area contributed by atoms with E-state index in [-0.39, 0.29) is 0 Å². The Labute approximate surface area is 206 Å². The number of morpholine rings is 1. The van der Waals surface area contributed by atoms with Gasteiger partial charge < -0.3 is 19.4 Å². The smallest absolute Gasteiger partial charge is 0.228 e. The van der Waals surface area contributed by atoms with Gasteiger partial charge in [-0.25, -0.2) is 9.97 Å². The van der Waals surface area contributed by atoms with Crippen molar-refractivity contribution in [1.29, 1.82) is 5.26 Å². The minimum atomic E-state index is 0.617. The van der Waals surface area contributed by atoms with Crippen molar-refractivity contribution in [3.8, 4) is 17.3 Å². The molecule has 1 aromatic carbocycles. The highest BCUT2D eigenvalue weighted by Gasteiger charge is 2.23. The molecule has 0 unspecified atom stereocenters. The summed E-state index contributed by atoms with van der Waals surface area (Å²) < 4.78 is 5.55. The Morgan fingerprint density at radius 2 is 1.66 bits per heavy atom. The lowest BCUT2D eigenvalue weighted by Crippen LogP contribution is -2.47. The SMILES string of the molecule is CCCc1ccc(-c2cc(N3CCN(c4ncccc4C#N)CC3)nc(N3CCOCC3)n2)cc1. The molecule has 0 N–H and O–H groups in total. The van der Waals surface area contributed by atoms with E-state index < -0.39 is 0 Å². The Balaban J connectivity index is 1.41. The van der Waals surface area contributed by atoms with E-state index in [2.05, 4.69) is 63.0 Å². The van der Waals surface area contributed by atoms with Gasteiger partial charge >= 0.3 is 0 Å². The highest BCUT2D eigenvalue weighted by Crippen LogP contribution is 2.27. The van der Waals surface area contributed by atoms with E-state index in [0.717, 1.165) is 81.0 Å². The minimum absolute atomic E-state index is 0.617. The van der Waals surface area contributed by atoms with Crippen LogP contribution in [0.4, 0.5) is 17.6 Å². The largest absolute Gasteiger partial charge is 0.378 e. The van der Waals surface area contributed by atoms with Crippen LogP contribution in [-0.4, -0.2) is 67.4 Å². The molecule has 0 atom stereocenters. The van der Waals surface area contributed by atoms with Gasteiger partial charge in [0.05, 0.1) is 24.5 Å². The summed E-state index contributed by atoms with van der Waals surface area (Å²) in [6.07, 6.45) is 3.97. The number of rotatable bonds is 6. The van der Waals surface area contributed by atoms with Gasteiger partial charge in [-0.2, -0.15) is 10.2 Å². The third-order valence-corrected chi connectivity index (χ3v) is 6.59. The van der Waals surface area contributed by atoms with Gasteiger partial charge in [0.15, 0.2) is 0 Å². The second-order valence-corrected chi connectivity index (χ2v) is 8.92. The molecular formula is C27H31N7O. The molecule has 0 radical (unpaired) electrons. The van der Waals surface area contributed by atoms with Crippen molar-refractivity contribution in [3.63, 3.8) is 0 Å². The van der Waals surface area contributed by atoms with Gasteiger partial charge in [0.1, 0.15) is 17.7 Å². The monoisotopic (exact) mass is 469 g/mol. The van der Waals surface area contributed by atoms with Gasteiger partial charge in [-0.05, 0) is 24.1 Å². The van der Waals surface area contributed by atoms with E-state index in [1.807, 2.05) is 12.1 Å². The van der Waals surface area contributed by atoms with Gasteiger partial charge in [0, 0.05) is 57.1 Å². The third-order valence-electron chi connectivity index (χ3n) is 6.59. The summed E-state index contributed by atoms with van der Waals surface area (Å²) in [4.78, 5) is 21.1. The number of aromatic nitrogens is 3. The Hall–Kier alpha value is -3.70. The molecule has 35 heavy (non-hydrogen) atoms. The summed E-state index contributed by atoms with van der Waals surface area (Å²) in [5, 5.41) is 9.46. The van der Waals surface area contributed by atoms with Crippen molar-refractivity contribution < 1.29 is 4.74 Å². The van der Waals surface area contributed by atoms with Crippen LogP contribution in [-0.2, 0) is 11.2 Å². The lowest BCUT2D eigenvalue weighted by Gasteiger charge is -2.37. The van der Waals surface area contributed by atoms with Crippen LogP contribution in [0.3, 0.4) is 0 Å². The summed E-state index contributed by atoms with van der Waals surface area (Å²) in [5.41, 5.74) is 4.01. The number of aryl methyl sites for hydroxylation is 1. The lowest BCUT2D eigenvalue weighted by atomic mass is 10.1. The molecule has 8 nitrogen and oxygen atoms in total. The number of pyridine rings is 1. The van der Waals surface area contributed by atoms with E-state index in [1.165, 1.54) is 5.56 Å². The van der Waals surface area contributed by atoms with Gasteiger partial charge in [0.2, 0.25) is 5.95 Å². The fourth-order valence-electron chi connectivity index (χ4n) is 4.65. The lowest BCUT2D eigenvalue weighted by molar-refractivity contribution is 0.122. The molecule has 3 aromatic rings. The molecular weight excluding hydrogens is 438 g/mol. The zero-order valence-corrected chi connectivity index (χ0v) is 20.2. The predicted molar refractivity (Wildman–Crippen MR) is 138 cm³/mol. The fraction of sp³-hybridized carbons (Fsp3) is 0.407. The number of nitriles is 1. The van der Waals surface area contributed by atoms with Crippen molar-refractivity contribution in [3.05, 3.63) is 59.8 Å². The summed E-state index contributed by atoms with van der Waals surface area (Å²) in [5.74, 6) is 2.46. The molecule has 180 valence electrons. The Bertz CT molecular complexity index is 1180. The van der Waals surface area contributed by atoms with Crippen LogP contribution in [0.5, 0.6) is 0 Å². The number of hydrogen-bond donors (Lipinski definition) is 0. The number of ether oxygens (including phenoxy) is 1. The number of hydrogen-bond acceptors (Lipinski definition) is 8. The van der Waals surface area contributed by atoms with Crippen molar-refractivity contribution in [2.75, 3.05) is 67.2 Å². The van der Waals surface area contributed by atoms with Gasteiger partial charge in [-0.3, -0.25) is 0 Å². The molecule has 5 rings (SSSR count). The zero-order chi connectivity index (χ0) is 24.0. The average molecular weight is 470 g/mol. The second kappa shape index (κ2) is 10.7. The molecule has 2 saturated heterocycles. The number of nitrogens with zero attached hydrogens (tertiary/aromatic N) is 7. The first-order chi connectivity index (χ1) is 17.2. The Kier molecular flexibility index (Phi) is 7.05. The van der Waals surface area contributed by atoms with Gasteiger partial charge in [0.25, 0.3) is 0 Å². The maximum Gasteiger partial charge on any atom is 0.228 e. The minimum Gasteiger partial charge on any atom is -0.378 e. The molecule has 2 aromatic heterocycles. The van der Waals surface area contributed by atoms with Gasteiger partial charge in [-0.15, -0.1) is 0 Å². The highest BCUT2D eigenvalue weighted by atomic mass is 16.5. The average Bonchev–Trinajstić information content (AvgIpc) is 2.94. The topological polar surface area (TPSA) is 81.4 Å². The molecule has 0 saturated carbocycles. The molecule has 2 fully saturated rings. The second-order valence-electron chi connectivity index (χ2n) is 8.92. The summed E-state index contributed by atoms with van der Waals surface area (Å²) in [6.45, 7) is 8.34. The first-order valence-corrected chi connectivity index (χ1v) is 12.4. The molecule has 4 heterocycles. The number of piperazine rings is 1. The Morgan fingerprint density at radius 3 is 2.37 bits per heavy atom. The van der Waals surface area contributed by atoms with Crippen molar-refractivity contribution in [2.24, 2.45) is 0 Å². The third kappa shape index (κ3) is 5.20. The van der Waals surface area contributed by atoms with Gasteiger partial charge in [-0.1, -0.05) is 37.6 Å². The van der Waals surface area contributed by atoms with Crippen molar-refractivity contribution >= 4 is 17.6 Å².